The molecule has 2 fully saturated rings. The van der Waals surface area contributed by atoms with Gasteiger partial charge in [-0.15, -0.1) is 0 Å². The van der Waals surface area contributed by atoms with Crippen molar-refractivity contribution in [2.75, 3.05) is 6.54 Å². The maximum absolute atomic E-state index is 12.1. The standard InChI is InChI=1S/C16H30N2O/c1-2-13-7-3-4-9-15(13)18-16(19)11-10-14-8-5-6-12-17-14/h13-15,17H,2-12H2,1H3,(H,18,19). The maximum Gasteiger partial charge on any atom is 0.220 e. The first-order valence-electron chi connectivity index (χ1n) is 8.32. The molecule has 1 aliphatic heterocycles. The topological polar surface area (TPSA) is 41.1 Å². The van der Waals surface area contributed by atoms with Gasteiger partial charge in [-0.3, -0.25) is 4.79 Å². The Bertz CT molecular complexity index is 274. The number of carbonyl (C=O) groups excluding carboxylic acids is 1. The fourth-order valence-electron chi connectivity index (χ4n) is 3.64. The molecular formula is C16H30N2O. The fraction of sp³-hybridized carbons (Fsp3) is 0.938. The van der Waals surface area contributed by atoms with E-state index in [-0.39, 0.29) is 5.91 Å². The van der Waals surface area contributed by atoms with Crippen LogP contribution in [0, 0.1) is 5.92 Å². The van der Waals surface area contributed by atoms with E-state index in [0.29, 0.717) is 24.4 Å². The molecule has 19 heavy (non-hydrogen) atoms. The lowest BCUT2D eigenvalue weighted by Gasteiger charge is -2.31. The molecule has 0 bridgehead atoms. The zero-order valence-corrected chi connectivity index (χ0v) is 12.4. The minimum Gasteiger partial charge on any atom is -0.353 e. The van der Waals surface area contributed by atoms with Crippen molar-refractivity contribution in [3.63, 3.8) is 0 Å². The van der Waals surface area contributed by atoms with Gasteiger partial charge in [0.1, 0.15) is 0 Å². The predicted molar refractivity (Wildman–Crippen MR) is 79.1 cm³/mol. The van der Waals surface area contributed by atoms with Crippen LogP contribution in [0.1, 0.15) is 71.1 Å². The van der Waals surface area contributed by atoms with Crippen LogP contribution in [0.3, 0.4) is 0 Å². The van der Waals surface area contributed by atoms with Gasteiger partial charge in [0.15, 0.2) is 0 Å². The van der Waals surface area contributed by atoms with Crippen LogP contribution in [0.15, 0.2) is 0 Å². The van der Waals surface area contributed by atoms with Crippen molar-refractivity contribution in [3.05, 3.63) is 0 Å². The summed E-state index contributed by atoms with van der Waals surface area (Å²) in [5.41, 5.74) is 0. The Morgan fingerprint density at radius 3 is 2.68 bits per heavy atom. The van der Waals surface area contributed by atoms with Crippen molar-refractivity contribution in [3.8, 4) is 0 Å². The third-order valence-electron chi connectivity index (χ3n) is 4.91. The Balaban J connectivity index is 1.67. The normalized spacial score (nSPS) is 31.9. The average molecular weight is 266 g/mol. The number of nitrogens with one attached hydrogen (secondary N) is 2. The van der Waals surface area contributed by atoms with E-state index in [1.54, 1.807) is 0 Å². The van der Waals surface area contributed by atoms with Crippen LogP contribution in [-0.2, 0) is 4.79 Å². The van der Waals surface area contributed by atoms with Crippen LogP contribution in [0.2, 0.25) is 0 Å². The van der Waals surface area contributed by atoms with Crippen LogP contribution in [0.25, 0.3) is 0 Å². The molecule has 1 saturated carbocycles. The largest absolute Gasteiger partial charge is 0.353 e. The Morgan fingerprint density at radius 1 is 1.16 bits per heavy atom. The van der Waals surface area contributed by atoms with Gasteiger partial charge in [-0.2, -0.15) is 0 Å². The van der Waals surface area contributed by atoms with Gasteiger partial charge in [-0.1, -0.05) is 32.6 Å². The minimum absolute atomic E-state index is 0.276. The molecule has 2 rings (SSSR count). The van der Waals surface area contributed by atoms with E-state index in [9.17, 15) is 4.79 Å². The molecule has 1 amide bonds. The number of piperidine rings is 1. The third-order valence-corrected chi connectivity index (χ3v) is 4.91. The molecule has 0 aromatic carbocycles. The van der Waals surface area contributed by atoms with E-state index in [4.69, 9.17) is 0 Å². The molecule has 3 atom stereocenters. The van der Waals surface area contributed by atoms with E-state index < -0.39 is 0 Å². The summed E-state index contributed by atoms with van der Waals surface area (Å²) >= 11 is 0. The lowest BCUT2D eigenvalue weighted by atomic mass is 9.83. The van der Waals surface area contributed by atoms with Crippen LogP contribution in [-0.4, -0.2) is 24.5 Å². The van der Waals surface area contributed by atoms with Crippen molar-refractivity contribution in [2.45, 2.75) is 83.2 Å². The monoisotopic (exact) mass is 266 g/mol. The molecule has 0 spiro atoms. The van der Waals surface area contributed by atoms with Crippen molar-refractivity contribution >= 4 is 5.91 Å². The van der Waals surface area contributed by atoms with Crippen molar-refractivity contribution in [2.24, 2.45) is 5.92 Å². The number of carbonyl (C=O) groups is 1. The van der Waals surface area contributed by atoms with Crippen LogP contribution in [0.4, 0.5) is 0 Å². The molecule has 0 aromatic heterocycles. The summed E-state index contributed by atoms with van der Waals surface area (Å²) in [4.78, 5) is 12.1. The summed E-state index contributed by atoms with van der Waals surface area (Å²) in [6.07, 6.45) is 11.9. The van der Waals surface area contributed by atoms with Gasteiger partial charge in [-0.25, -0.2) is 0 Å². The molecule has 3 heteroatoms. The highest BCUT2D eigenvalue weighted by Crippen LogP contribution is 2.26. The molecule has 0 radical (unpaired) electrons. The van der Waals surface area contributed by atoms with Gasteiger partial charge in [0, 0.05) is 18.5 Å². The summed E-state index contributed by atoms with van der Waals surface area (Å²) in [7, 11) is 0. The Labute approximate surface area is 117 Å². The highest BCUT2D eigenvalue weighted by atomic mass is 16.1. The summed E-state index contributed by atoms with van der Waals surface area (Å²) < 4.78 is 0. The Kier molecular flexibility index (Phi) is 6.15. The first-order chi connectivity index (χ1) is 9.29. The molecule has 2 N–H and O–H groups in total. The molecular weight excluding hydrogens is 236 g/mol. The maximum atomic E-state index is 12.1. The molecule has 1 saturated heterocycles. The molecule has 1 heterocycles. The second-order valence-electron chi connectivity index (χ2n) is 6.31. The van der Waals surface area contributed by atoms with E-state index in [1.807, 2.05) is 0 Å². The smallest absolute Gasteiger partial charge is 0.220 e. The number of amides is 1. The lowest BCUT2D eigenvalue weighted by Crippen LogP contribution is -2.42. The molecule has 110 valence electrons. The van der Waals surface area contributed by atoms with Crippen LogP contribution in [0.5, 0.6) is 0 Å². The number of hydrogen-bond donors (Lipinski definition) is 2. The summed E-state index contributed by atoms with van der Waals surface area (Å²) in [6, 6.07) is 1.03. The van der Waals surface area contributed by atoms with Gasteiger partial charge >= 0.3 is 0 Å². The molecule has 2 aliphatic rings. The van der Waals surface area contributed by atoms with Crippen molar-refractivity contribution < 1.29 is 4.79 Å². The predicted octanol–water partition coefficient (Wildman–Crippen LogP) is 2.99. The van der Waals surface area contributed by atoms with E-state index >= 15 is 0 Å². The number of hydrogen-bond acceptors (Lipinski definition) is 2. The fourth-order valence-corrected chi connectivity index (χ4v) is 3.64. The van der Waals surface area contributed by atoms with Gasteiger partial charge in [0.2, 0.25) is 5.91 Å². The zero-order valence-electron chi connectivity index (χ0n) is 12.4. The molecule has 3 nitrogen and oxygen atoms in total. The zero-order chi connectivity index (χ0) is 13.5. The second kappa shape index (κ2) is 7.88. The second-order valence-corrected chi connectivity index (χ2v) is 6.31. The SMILES string of the molecule is CCC1CCCCC1NC(=O)CCC1CCCCN1. The van der Waals surface area contributed by atoms with Gasteiger partial charge in [-0.05, 0) is 44.6 Å². The molecule has 3 unspecified atom stereocenters. The highest BCUT2D eigenvalue weighted by Gasteiger charge is 2.25. The van der Waals surface area contributed by atoms with E-state index in [0.717, 1.165) is 13.0 Å². The number of rotatable bonds is 5. The van der Waals surface area contributed by atoms with Gasteiger partial charge < -0.3 is 10.6 Å². The van der Waals surface area contributed by atoms with E-state index in [1.165, 1.54) is 51.4 Å². The summed E-state index contributed by atoms with van der Waals surface area (Å²) in [5.74, 6) is 0.989. The molecule has 1 aliphatic carbocycles. The summed E-state index contributed by atoms with van der Waals surface area (Å²) in [6.45, 7) is 3.38. The molecule has 0 aromatic rings. The quantitative estimate of drug-likeness (QED) is 0.803. The first-order valence-corrected chi connectivity index (χ1v) is 8.32. The van der Waals surface area contributed by atoms with Crippen LogP contribution >= 0.6 is 0 Å². The third kappa shape index (κ3) is 4.79. The summed E-state index contributed by atoms with van der Waals surface area (Å²) in [5, 5.41) is 6.81. The van der Waals surface area contributed by atoms with E-state index in [2.05, 4.69) is 17.6 Å². The lowest BCUT2D eigenvalue weighted by molar-refractivity contribution is -0.122. The average Bonchev–Trinajstić information content (AvgIpc) is 2.47. The van der Waals surface area contributed by atoms with Crippen molar-refractivity contribution in [1.82, 2.24) is 10.6 Å². The van der Waals surface area contributed by atoms with Crippen molar-refractivity contribution in [1.29, 1.82) is 0 Å². The highest BCUT2D eigenvalue weighted by molar-refractivity contribution is 5.76. The Hall–Kier alpha value is -0.570. The Morgan fingerprint density at radius 2 is 1.95 bits per heavy atom. The minimum atomic E-state index is 0.276. The first kappa shape index (κ1) is 14.8. The van der Waals surface area contributed by atoms with Gasteiger partial charge in [0.25, 0.3) is 0 Å². The van der Waals surface area contributed by atoms with Crippen LogP contribution < -0.4 is 10.6 Å². The van der Waals surface area contributed by atoms with Gasteiger partial charge in [0.05, 0.1) is 0 Å².